The number of urea groups is 1. The molecule has 5 rings (SSSR count). The SMILES string of the molecule is CCOC(=O)c1cc2cc(NC(=O)CN3N=C(C4CCCCC4)c4ccccc4N(CC(=O)C(C)(C)C)C3=O)ccc2[nH]1. The van der Waals surface area contributed by atoms with Crippen molar-refractivity contribution in [3.8, 4) is 0 Å². The standard InChI is InChI=1S/C33H39N5O5/c1-5-43-31(41)26-18-22-17-23(15-16-25(22)35-26)34-29(40)20-38-32(42)37(19-28(39)33(2,3)4)27-14-10-9-13-24(27)30(36-38)21-11-7-6-8-12-21/h9-10,13-18,21,35H,5-8,11-12,19-20H2,1-4H3,(H,34,40). The molecule has 0 saturated heterocycles. The Morgan fingerprint density at radius 1 is 1.02 bits per heavy atom. The van der Waals surface area contributed by atoms with Crippen LogP contribution in [0.4, 0.5) is 16.2 Å². The maximum Gasteiger partial charge on any atom is 0.354 e. The molecule has 0 spiro atoms. The molecule has 1 fully saturated rings. The Morgan fingerprint density at radius 3 is 2.49 bits per heavy atom. The van der Waals surface area contributed by atoms with Crippen molar-refractivity contribution in [2.45, 2.75) is 59.8 Å². The molecule has 1 aliphatic carbocycles. The molecule has 2 aliphatic rings. The van der Waals surface area contributed by atoms with Crippen molar-refractivity contribution in [2.24, 2.45) is 16.4 Å². The van der Waals surface area contributed by atoms with Gasteiger partial charge in [-0.05, 0) is 50.1 Å². The molecule has 2 N–H and O–H groups in total. The second-order valence-electron chi connectivity index (χ2n) is 12.2. The molecule has 1 aromatic heterocycles. The first-order chi connectivity index (χ1) is 20.5. The highest BCUT2D eigenvalue weighted by Crippen LogP contribution is 2.34. The molecule has 1 aliphatic heterocycles. The van der Waals surface area contributed by atoms with E-state index in [1.54, 1.807) is 31.2 Å². The number of ether oxygens (including phenoxy) is 1. The zero-order valence-corrected chi connectivity index (χ0v) is 25.2. The molecule has 2 aromatic carbocycles. The molecule has 3 amide bonds. The minimum absolute atomic E-state index is 0.0943. The highest BCUT2D eigenvalue weighted by Gasteiger charge is 2.36. The van der Waals surface area contributed by atoms with Gasteiger partial charge in [-0.15, -0.1) is 0 Å². The van der Waals surface area contributed by atoms with Crippen molar-refractivity contribution in [1.29, 1.82) is 0 Å². The van der Waals surface area contributed by atoms with Crippen LogP contribution >= 0.6 is 0 Å². The molecule has 3 aromatic rings. The smallest absolute Gasteiger partial charge is 0.354 e. The van der Waals surface area contributed by atoms with Crippen LogP contribution in [0.3, 0.4) is 0 Å². The monoisotopic (exact) mass is 585 g/mol. The number of hydrogen-bond donors (Lipinski definition) is 2. The number of esters is 1. The number of hydrazone groups is 1. The van der Waals surface area contributed by atoms with Crippen molar-refractivity contribution >= 4 is 51.7 Å². The lowest BCUT2D eigenvalue weighted by Crippen LogP contribution is -2.47. The summed E-state index contributed by atoms with van der Waals surface area (Å²) in [6, 6.07) is 13.9. The van der Waals surface area contributed by atoms with Crippen LogP contribution in [0.5, 0.6) is 0 Å². The Balaban J connectivity index is 1.44. The number of carbonyl (C=O) groups excluding carboxylic acids is 4. The summed E-state index contributed by atoms with van der Waals surface area (Å²) >= 11 is 0. The minimum Gasteiger partial charge on any atom is -0.461 e. The van der Waals surface area contributed by atoms with E-state index in [4.69, 9.17) is 9.84 Å². The summed E-state index contributed by atoms with van der Waals surface area (Å²) in [5.41, 5.74) is 3.14. The van der Waals surface area contributed by atoms with Crippen molar-refractivity contribution < 1.29 is 23.9 Å². The Morgan fingerprint density at radius 2 is 1.77 bits per heavy atom. The first-order valence-corrected chi connectivity index (χ1v) is 14.9. The Hall–Kier alpha value is -4.47. The van der Waals surface area contributed by atoms with E-state index in [0.29, 0.717) is 17.1 Å². The third-order valence-corrected chi connectivity index (χ3v) is 7.97. The van der Waals surface area contributed by atoms with E-state index in [0.717, 1.165) is 54.3 Å². The molecule has 0 bridgehead atoms. The summed E-state index contributed by atoms with van der Waals surface area (Å²) in [5, 5.41) is 9.63. The molecule has 0 atom stereocenters. The van der Waals surface area contributed by atoms with E-state index in [1.807, 2.05) is 45.0 Å². The number of anilines is 2. The number of ketones is 1. The Bertz CT molecular complexity index is 1580. The number of aromatic amines is 1. The molecule has 0 unspecified atom stereocenters. The Kier molecular flexibility index (Phi) is 8.66. The third-order valence-electron chi connectivity index (χ3n) is 7.97. The minimum atomic E-state index is -0.652. The summed E-state index contributed by atoms with van der Waals surface area (Å²) < 4.78 is 5.07. The lowest BCUT2D eigenvalue weighted by Gasteiger charge is -2.28. The maximum absolute atomic E-state index is 14.0. The van der Waals surface area contributed by atoms with Crippen molar-refractivity contribution in [1.82, 2.24) is 9.99 Å². The maximum atomic E-state index is 14.0. The summed E-state index contributed by atoms with van der Waals surface area (Å²) in [5.74, 6) is -0.834. The number of benzene rings is 2. The average molecular weight is 586 g/mol. The van der Waals surface area contributed by atoms with Crippen molar-refractivity contribution in [3.05, 3.63) is 59.8 Å². The first-order valence-electron chi connectivity index (χ1n) is 14.9. The fourth-order valence-electron chi connectivity index (χ4n) is 5.57. The molecule has 2 heterocycles. The zero-order chi connectivity index (χ0) is 30.7. The van der Waals surface area contributed by atoms with Crippen LogP contribution < -0.4 is 10.2 Å². The number of nitrogens with one attached hydrogen (secondary N) is 2. The first kappa shape index (κ1) is 30.0. The second kappa shape index (κ2) is 12.4. The molecular weight excluding hydrogens is 546 g/mol. The average Bonchev–Trinajstić information content (AvgIpc) is 3.37. The number of aromatic nitrogens is 1. The van der Waals surface area contributed by atoms with Gasteiger partial charge in [-0.3, -0.25) is 14.5 Å². The number of Topliss-reactive ketones (excluding diaryl/α,β-unsaturated/α-hetero) is 1. The van der Waals surface area contributed by atoms with Crippen molar-refractivity contribution in [2.75, 3.05) is 29.9 Å². The number of fused-ring (bicyclic) bond motifs is 2. The van der Waals surface area contributed by atoms with Gasteiger partial charge in [0.25, 0.3) is 0 Å². The summed E-state index contributed by atoms with van der Waals surface area (Å²) in [6.07, 6.45) is 5.22. The summed E-state index contributed by atoms with van der Waals surface area (Å²) in [7, 11) is 0. The topological polar surface area (TPSA) is 124 Å². The molecular formula is C33H39N5O5. The Labute approximate surface area is 251 Å². The van der Waals surface area contributed by atoms with E-state index in [1.165, 1.54) is 9.91 Å². The van der Waals surface area contributed by atoms with Gasteiger partial charge in [0, 0.05) is 33.5 Å². The number of para-hydroxylation sites is 1. The van der Waals surface area contributed by atoms with Gasteiger partial charge in [0.2, 0.25) is 5.91 Å². The largest absolute Gasteiger partial charge is 0.461 e. The molecule has 226 valence electrons. The normalized spacial score (nSPS) is 16.0. The lowest BCUT2D eigenvalue weighted by molar-refractivity contribution is -0.124. The highest BCUT2D eigenvalue weighted by atomic mass is 16.5. The third kappa shape index (κ3) is 6.63. The predicted octanol–water partition coefficient (Wildman–Crippen LogP) is 6.12. The molecule has 0 radical (unpaired) electrons. The van der Waals surface area contributed by atoms with Gasteiger partial charge in [0.05, 0.1) is 24.6 Å². The van der Waals surface area contributed by atoms with Gasteiger partial charge in [-0.1, -0.05) is 58.2 Å². The van der Waals surface area contributed by atoms with Gasteiger partial charge < -0.3 is 15.0 Å². The van der Waals surface area contributed by atoms with E-state index < -0.39 is 23.3 Å². The molecule has 10 nitrogen and oxygen atoms in total. The van der Waals surface area contributed by atoms with Crippen LogP contribution in [-0.4, -0.2) is 59.1 Å². The van der Waals surface area contributed by atoms with Gasteiger partial charge in [-0.2, -0.15) is 5.10 Å². The van der Waals surface area contributed by atoms with Gasteiger partial charge in [-0.25, -0.2) is 14.6 Å². The molecule has 43 heavy (non-hydrogen) atoms. The van der Waals surface area contributed by atoms with E-state index in [9.17, 15) is 19.2 Å². The van der Waals surface area contributed by atoms with E-state index in [-0.39, 0.29) is 31.4 Å². The molecule has 1 saturated carbocycles. The predicted molar refractivity (Wildman–Crippen MR) is 166 cm³/mol. The number of hydrogen-bond acceptors (Lipinski definition) is 6. The second-order valence-corrected chi connectivity index (χ2v) is 12.2. The summed E-state index contributed by atoms with van der Waals surface area (Å²) in [4.78, 5) is 57.2. The number of nitrogens with zero attached hydrogens (tertiary/aromatic N) is 3. The van der Waals surface area contributed by atoms with E-state index >= 15 is 0 Å². The fourth-order valence-corrected chi connectivity index (χ4v) is 5.57. The fraction of sp³-hybridized carbons (Fsp3) is 0.424. The number of amides is 3. The van der Waals surface area contributed by atoms with Crippen LogP contribution in [-0.2, 0) is 14.3 Å². The lowest BCUT2D eigenvalue weighted by atomic mass is 9.83. The van der Waals surface area contributed by atoms with Gasteiger partial charge in [0.15, 0.2) is 5.78 Å². The van der Waals surface area contributed by atoms with E-state index in [2.05, 4.69) is 10.3 Å². The van der Waals surface area contributed by atoms with Gasteiger partial charge in [0.1, 0.15) is 12.2 Å². The number of H-pyrrole nitrogens is 1. The number of carbonyl (C=O) groups is 4. The van der Waals surface area contributed by atoms with Gasteiger partial charge >= 0.3 is 12.0 Å². The zero-order valence-electron chi connectivity index (χ0n) is 25.2. The summed E-state index contributed by atoms with van der Waals surface area (Å²) in [6.45, 7) is 7.04. The van der Waals surface area contributed by atoms with Crippen molar-refractivity contribution in [3.63, 3.8) is 0 Å². The van der Waals surface area contributed by atoms with Crippen LogP contribution in [0.2, 0.25) is 0 Å². The number of rotatable bonds is 8. The highest BCUT2D eigenvalue weighted by molar-refractivity contribution is 6.13. The molecule has 10 heteroatoms. The van der Waals surface area contributed by atoms with Crippen LogP contribution in [0.1, 0.15) is 75.9 Å². The quantitative estimate of drug-likeness (QED) is 0.308. The van der Waals surface area contributed by atoms with Crippen LogP contribution in [0.15, 0.2) is 53.6 Å². The van der Waals surface area contributed by atoms with Crippen LogP contribution in [0, 0.1) is 11.3 Å². The van der Waals surface area contributed by atoms with Crippen LogP contribution in [0.25, 0.3) is 10.9 Å².